The van der Waals surface area contributed by atoms with Gasteiger partial charge in [0.1, 0.15) is 0 Å². The van der Waals surface area contributed by atoms with E-state index >= 15 is 0 Å². The summed E-state index contributed by atoms with van der Waals surface area (Å²) in [6.45, 7) is 3.50. The number of hydrogen-bond donors (Lipinski definition) is 1. The SMILES string of the molecule is CCc1nn(C)cc1-c1nnnn1C(C)C(=O)O. The molecule has 0 saturated heterocycles. The quantitative estimate of drug-likeness (QED) is 0.836. The molecule has 1 atom stereocenters. The van der Waals surface area contributed by atoms with Gasteiger partial charge in [-0.3, -0.25) is 4.68 Å². The molecule has 0 aliphatic carbocycles. The fourth-order valence-electron chi connectivity index (χ4n) is 1.72. The summed E-state index contributed by atoms with van der Waals surface area (Å²) in [4.78, 5) is 11.0. The Morgan fingerprint density at radius 1 is 1.56 bits per heavy atom. The summed E-state index contributed by atoms with van der Waals surface area (Å²) in [5, 5.41) is 24.5. The summed E-state index contributed by atoms with van der Waals surface area (Å²) in [6, 6.07) is -0.820. The van der Waals surface area contributed by atoms with Crippen molar-refractivity contribution in [2.75, 3.05) is 0 Å². The number of hydrogen-bond acceptors (Lipinski definition) is 5. The molecule has 0 saturated carbocycles. The van der Waals surface area contributed by atoms with Gasteiger partial charge < -0.3 is 5.11 Å². The molecule has 1 N–H and O–H groups in total. The zero-order valence-electron chi connectivity index (χ0n) is 10.4. The Morgan fingerprint density at radius 2 is 2.28 bits per heavy atom. The molecule has 0 aromatic carbocycles. The van der Waals surface area contributed by atoms with Crippen LogP contribution in [0.1, 0.15) is 25.6 Å². The van der Waals surface area contributed by atoms with Crippen molar-refractivity contribution >= 4 is 5.97 Å². The van der Waals surface area contributed by atoms with Gasteiger partial charge >= 0.3 is 5.97 Å². The third-order valence-electron chi connectivity index (χ3n) is 2.70. The van der Waals surface area contributed by atoms with Crippen LogP contribution in [0.25, 0.3) is 11.4 Å². The highest BCUT2D eigenvalue weighted by molar-refractivity contribution is 5.72. The molecule has 2 aromatic heterocycles. The molecule has 0 amide bonds. The molecular weight excluding hydrogens is 236 g/mol. The molecular formula is C10H14N6O2. The van der Waals surface area contributed by atoms with E-state index in [2.05, 4.69) is 20.6 Å². The fourth-order valence-corrected chi connectivity index (χ4v) is 1.72. The van der Waals surface area contributed by atoms with Crippen molar-refractivity contribution in [1.82, 2.24) is 30.0 Å². The topological polar surface area (TPSA) is 98.7 Å². The Hall–Kier alpha value is -2.25. The summed E-state index contributed by atoms with van der Waals surface area (Å²) in [5.41, 5.74) is 1.60. The monoisotopic (exact) mass is 250 g/mol. The van der Waals surface area contributed by atoms with Crippen LogP contribution in [0.2, 0.25) is 0 Å². The predicted octanol–water partition coefficient (Wildman–Crippen LogP) is 0.282. The Morgan fingerprint density at radius 3 is 2.89 bits per heavy atom. The van der Waals surface area contributed by atoms with Crippen LogP contribution in [-0.2, 0) is 18.3 Å². The van der Waals surface area contributed by atoms with Gasteiger partial charge in [-0.25, -0.2) is 9.48 Å². The van der Waals surface area contributed by atoms with Crippen LogP contribution in [0.15, 0.2) is 6.20 Å². The van der Waals surface area contributed by atoms with E-state index in [1.54, 1.807) is 17.9 Å². The molecule has 0 fully saturated rings. The zero-order valence-corrected chi connectivity index (χ0v) is 10.4. The van der Waals surface area contributed by atoms with Gasteiger partial charge in [0.25, 0.3) is 0 Å². The van der Waals surface area contributed by atoms with E-state index in [4.69, 9.17) is 5.11 Å². The predicted molar refractivity (Wildman–Crippen MR) is 61.7 cm³/mol. The van der Waals surface area contributed by atoms with Gasteiger partial charge in [0, 0.05) is 13.2 Å². The second-order valence-electron chi connectivity index (χ2n) is 3.98. The summed E-state index contributed by atoms with van der Waals surface area (Å²) in [6.07, 6.45) is 2.51. The third-order valence-corrected chi connectivity index (χ3v) is 2.70. The van der Waals surface area contributed by atoms with Crippen molar-refractivity contribution < 1.29 is 9.90 Å². The number of nitrogens with zero attached hydrogens (tertiary/aromatic N) is 6. The second kappa shape index (κ2) is 4.55. The van der Waals surface area contributed by atoms with Crippen LogP contribution in [0.4, 0.5) is 0 Å². The van der Waals surface area contributed by atoms with E-state index in [1.807, 2.05) is 6.92 Å². The number of carboxylic acids is 1. The number of aromatic nitrogens is 6. The molecule has 18 heavy (non-hydrogen) atoms. The molecule has 2 heterocycles. The standard InChI is InChI=1S/C10H14N6O2/c1-4-8-7(5-15(3)12-8)9-11-13-14-16(9)6(2)10(17)18/h5-6H,4H2,1-3H3,(H,17,18). The van der Waals surface area contributed by atoms with Gasteiger partial charge in [-0.05, 0) is 23.8 Å². The first-order chi connectivity index (χ1) is 8.54. The van der Waals surface area contributed by atoms with Crippen molar-refractivity contribution in [2.24, 2.45) is 7.05 Å². The Balaban J connectivity index is 2.51. The average Bonchev–Trinajstić information content (AvgIpc) is 2.93. The van der Waals surface area contributed by atoms with Crippen LogP contribution in [0.5, 0.6) is 0 Å². The van der Waals surface area contributed by atoms with Gasteiger partial charge in [-0.2, -0.15) is 5.10 Å². The van der Waals surface area contributed by atoms with Crippen molar-refractivity contribution in [2.45, 2.75) is 26.3 Å². The minimum atomic E-state index is -0.981. The lowest BCUT2D eigenvalue weighted by Crippen LogP contribution is -2.18. The maximum atomic E-state index is 11.0. The van der Waals surface area contributed by atoms with E-state index in [0.717, 1.165) is 17.7 Å². The summed E-state index contributed by atoms with van der Waals surface area (Å²) in [5.74, 6) is -0.555. The van der Waals surface area contributed by atoms with E-state index in [9.17, 15) is 4.79 Å². The van der Waals surface area contributed by atoms with Crippen molar-refractivity contribution in [3.05, 3.63) is 11.9 Å². The van der Waals surface area contributed by atoms with E-state index in [-0.39, 0.29) is 0 Å². The van der Waals surface area contributed by atoms with E-state index in [1.165, 1.54) is 11.6 Å². The van der Waals surface area contributed by atoms with Crippen LogP contribution >= 0.6 is 0 Å². The van der Waals surface area contributed by atoms with Crippen LogP contribution in [0.3, 0.4) is 0 Å². The number of aliphatic carboxylic acids is 1. The first-order valence-electron chi connectivity index (χ1n) is 5.58. The number of rotatable bonds is 4. The minimum Gasteiger partial charge on any atom is -0.480 e. The second-order valence-corrected chi connectivity index (χ2v) is 3.98. The van der Waals surface area contributed by atoms with Gasteiger partial charge in [0.2, 0.25) is 0 Å². The molecule has 8 nitrogen and oxygen atoms in total. The summed E-state index contributed by atoms with van der Waals surface area (Å²) in [7, 11) is 1.80. The van der Waals surface area contributed by atoms with Crippen molar-refractivity contribution in [3.63, 3.8) is 0 Å². The Kier molecular flexibility index (Phi) is 3.09. The fraction of sp³-hybridized carbons (Fsp3) is 0.500. The third kappa shape index (κ3) is 1.96. The van der Waals surface area contributed by atoms with Gasteiger partial charge in [-0.1, -0.05) is 6.92 Å². The number of tetrazole rings is 1. The maximum Gasteiger partial charge on any atom is 0.328 e. The first-order valence-corrected chi connectivity index (χ1v) is 5.58. The summed E-state index contributed by atoms with van der Waals surface area (Å²) >= 11 is 0. The summed E-state index contributed by atoms with van der Waals surface area (Å²) < 4.78 is 2.96. The van der Waals surface area contributed by atoms with Crippen molar-refractivity contribution in [1.29, 1.82) is 0 Å². The van der Waals surface area contributed by atoms with Crippen LogP contribution in [0, 0.1) is 0 Å². The van der Waals surface area contributed by atoms with E-state index < -0.39 is 12.0 Å². The first kappa shape index (κ1) is 12.2. The highest BCUT2D eigenvalue weighted by Crippen LogP contribution is 2.22. The maximum absolute atomic E-state index is 11.0. The molecule has 8 heteroatoms. The molecule has 2 aromatic rings. The molecule has 0 aliphatic heterocycles. The highest BCUT2D eigenvalue weighted by Gasteiger charge is 2.22. The lowest BCUT2D eigenvalue weighted by molar-refractivity contribution is -0.140. The molecule has 0 bridgehead atoms. The van der Waals surface area contributed by atoms with E-state index in [0.29, 0.717) is 5.82 Å². The van der Waals surface area contributed by atoms with Crippen molar-refractivity contribution in [3.8, 4) is 11.4 Å². The molecule has 0 aliphatic rings. The number of carboxylic acid groups (broad SMARTS) is 1. The average molecular weight is 250 g/mol. The number of aryl methyl sites for hydroxylation is 2. The molecule has 0 spiro atoms. The minimum absolute atomic E-state index is 0.426. The van der Waals surface area contributed by atoms with Gasteiger partial charge in [-0.15, -0.1) is 5.10 Å². The van der Waals surface area contributed by atoms with Gasteiger partial charge in [0.15, 0.2) is 11.9 Å². The smallest absolute Gasteiger partial charge is 0.328 e. The van der Waals surface area contributed by atoms with Crippen LogP contribution < -0.4 is 0 Å². The largest absolute Gasteiger partial charge is 0.480 e. The normalized spacial score (nSPS) is 12.6. The molecule has 0 radical (unpaired) electrons. The molecule has 1 unspecified atom stereocenters. The Labute approximate surface area is 103 Å². The molecule has 2 rings (SSSR count). The lowest BCUT2D eigenvalue weighted by atomic mass is 10.2. The Bertz CT molecular complexity index is 573. The van der Waals surface area contributed by atoms with Crippen LogP contribution in [-0.4, -0.2) is 41.1 Å². The lowest BCUT2D eigenvalue weighted by Gasteiger charge is -2.07. The molecule has 96 valence electrons. The highest BCUT2D eigenvalue weighted by atomic mass is 16.4. The zero-order chi connectivity index (χ0) is 13.3. The number of carbonyl (C=O) groups is 1. The van der Waals surface area contributed by atoms with Gasteiger partial charge in [0.05, 0.1) is 11.3 Å².